The lowest BCUT2D eigenvalue weighted by Gasteiger charge is -2.30. The van der Waals surface area contributed by atoms with Gasteiger partial charge in [-0.2, -0.15) is 9.29 Å². The highest BCUT2D eigenvalue weighted by Gasteiger charge is 2.34. The Bertz CT molecular complexity index is 1420. The van der Waals surface area contributed by atoms with Gasteiger partial charge in [0, 0.05) is 41.7 Å². The Labute approximate surface area is 190 Å². The predicted octanol–water partition coefficient (Wildman–Crippen LogP) is 3.57. The number of aromatic nitrogens is 3. The molecule has 1 saturated heterocycles. The van der Waals surface area contributed by atoms with E-state index in [2.05, 4.69) is 15.1 Å². The largest absolute Gasteiger partial charge is 0.465 e. The minimum atomic E-state index is -3.84. The number of carbonyl (C=O) groups is 1. The molecule has 3 heterocycles. The molecule has 4 aromatic rings. The first-order chi connectivity index (χ1) is 16.0. The summed E-state index contributed by atoms with van der Waals surface area (Å²) >= 11 is 0. The van der Waals surface area contributed by atoms with Crippen LogP contribution in [0.2, 0.25) is 0 Å². The molecule has 2 aromatic carbocycles. The summed E-state index contributed by atoms with van der Waals surface area (Å²) in [4.78, 5) is 19.7. The Balaban J connectivity index is 1.31. The van der Waals surface area contributed by atoms with E-state index in [1.54, 1.807) is 12.1 Å². The number of methoxy groups -OCH3 is 1. The molecule has 0 radical (unpaired) electrons. The first-order valence-electron chi connectivity index (χ1n) is 10.6. The second-order valence-electron chi connectivity index (χ2n) is 7.90. The number of benzene rings is 2. The highest BCUT2D eigenvalue weighted by Crippen LogP contribution is 2.32. The zero-order chi connectivity index (χ0) is 23.0. The van der Waals surface area contributed by atoms with Crippen LogP contribution in [-0.2, 0) is 14.8 Å². The molecule has 2 aromatic heterocycles. The third kappa shape index (κ3) is 3.91. The fraction of sp³-hybridized carbons (Fsp3) is 0.261. The van der Waals surface area contributed by atoms with Crippen molar-refractivity contribution in [3.05, 3.63) is 66.2 Å². The molecule has 1 aliphatic rings. The van der Waals surface area contributed by atoms with Crippen molar-refractivity contribution >= 4 is 26.9 Å². The van der Waals surface area contributed by atoms with Gasteiger partial charge < -0.3 is 14.2 Å². The summed E-state index contributed by atoms with van der Waals surface area (Å²) in [5.41, 5.74) is 1.92. The van der Waals surface area contributed by atoms with Crippen molar-refractivity contribution in [2.24, 2.45) is 0 Å². The number of carbonyl (C=O) groups excluding carboxylic acids is 1. The van der Waals surface area contributed by atoms with Crippen LogP contribution in [0.4, 0.5) is 0 Å². The number of hydrogen-bond donors (Lipinski definition) is 1. The highest BCUT2D eigenvalue weighted by molar-refractivity contribution is 7.89. The number of hydrogen-bond acceptors (Lipinski definition) is 7. The van der Waals surface area contributed by atoms with Gasteiger partial charge in [-0.1, -0.05) is 17.3 Å². The third-order valence-corrected chi connectivity index (χ3v) is 7.92. The number of rotatable bonds is 5. The first-order valence-corrected chi connectivity index (χ1v) is 12.0. The number of esters is 1. The summed E-state index contributed by atoms with van der Waals surface area (Å²) in [6, 6.07) is 14.0. The van der Waals surface area contributed by atoms with Crippen LogP contribution in [0.25, 0.3) is 22.3 Å². The van der Waals surface area contributed by atoms with Gasteiger partial charge >= 0.3 is 5.97 Å². The van der Waals surface area contributed by atoms with Crippen LogP contribution in [0.3, 0.4) is 0 Å². The van der Waals surface area contributed by atoms with Gasteiger partial charge in [0.1, 0.15) is 0 Å². The number of fused-ring (bicyclic) bond motifs is 1. The second-order valence-corrected chi connectivity index (χ2v) is 9.81. The third-order valence-electron chi connectivity index (χ3n) is 5.97. The zero-order valence-corrected chi connectivity index (χ0v) is 18.7. The Morgan fingerprint density at radius 3 is 2.73 bits per heavy atom. The van der Waals surface area contributed by atoms with Crippen LogP contribution >= 0.6 is 0 Å². The lowest BCUT2D eigenvalue weighted by molar-refractivity contribution is 0.0596. The molecule has 0 amide bonds. The van der Waals surface area contributed by atoms with E-state index in [1.165, 1.54) is 23.5 Å². The van der Waals surface area contributed by atoms with Crippen molar-refractivity contribution in [1.29, 1.82) is 0 Å². The molecule has 1 N–H and O–H groups in total. The molecule has 1 aliphatic heterocycles. The number of sulfonamides is 1. The molecule has 0 bridgehead atoms. The summed E-state index contributed by atoms with van der Waals surface area (Å²) in [5.74, 6) is 0.297. The van der Waals surface area contributed by atoms with Crippen molar-refractivity contribution in [3.63, 3.8) is 0 Å². The van der Waals surface area contributed by atoms with Crippen LogP contribution in [0, 0.1) is 0 Å². The van der Waals surface area contributed by atoms with E-state index in [-0.39, 0.29) is 29.5 Å². The molecule has 9 nitrogen and oxygen atoms in total. The van der Waals surface area contributed by atoms with Gasteiger partial charge in [0.25, 0.3) is 0 Å². The van der Waals surface area contributed by atoms with E-state index in [1.807, 2.05) is 30.5 Å². The predicted molar refractivity (Wildman–Crippen MR) is 120 cm³/mol. The Kier molecular flexibility index (Phi) is 5.47. The van der Waals surface area contributed by atoms with E-state index < -0.39 is 16.0 Å². The average Bonchev–Trinajstić information content (AvgIpc) is 3.53. The smallest absolute Gasteiger partial charge is 0.339 e. The first kappa shape index (κ1) is 21.4. The Morgan fingerprint density at radius 1 is 1.15 bits per heavy atom. The van der Waals surface area contributed by atoms with Crippen molar-refractivity contribution in [3.8, 4) is 11.4 Å². The van der Waals surface area contributed by atoms with E-state index in [0.29, 0.717) is 24.6 Å². The van der Waals surface area contributed by atoms with E-state index in [0.717, 1.165) is 16.5 Å². The summed E-state index contributed by atoms with van der Waals surface area (Å²) in [5, 5.41) is 5.19. The van der Waals surface area contributed by atoms with E-state index in [9.17, 15) is 13.2 Å². The molecule has 0 saturated carbocycles. The van der Waals surface area contributed by atoms with Crippen LogP contribution in [-0.4, -0.2) is 54.0 Å². The van der Waals surface area contributed by atoms with Gasteiger partial charge in [-0.25, -0.2) is 13.2 Å². The van der Waals surface area contributed by atoms with Gasteiger partial charge in [0.15, 0.2) is 0 Å². The monoisotopic (exact) mass is 466 g/mol. The second kappa shape index (κ2) is 8.45. The molecule has 0 aliphatic carbocycles. The van der Waals surface area contributed by atoms with Gasteiger partial charge in [0.2, 0.25) is 21.7 Å². The number of aromatic amines is 1. The maximum absolute atomic E-state index is 13.2. The fourth-order valence-corrected chi connectivity index (χ4v) is 5.81. The maximum atomic E-state index is 13.2. The molecular weight excluding hydrogens is 444 g/mol. The van der Waals surface area contributed by atoms with Gasteiger partial charge in [-0.3, -0.25) is 0 Å². The minimum Gasteiger partial charge on any atom is -0.465 e. The number of piperidine rings is 1. The Morgan fingerprint density at radius 2 is 1.94 bits per heavy atom. The van der Waals surface area contributed by atoms with Crippen molar-refractivity contribution in [2.75, 3.05) is 20.2 Å². The molecule has 5 rings (SSSR count). The number of ether oxygens (including phenoxy) is 1. The summed E-state index contributed by atoms with van der Waals surface area (Å²) in [6.07, 6.45) is 2.96. The lowest BCUT2D eigenvalue weighted by Crippen LogP contribution is -2.38. The lowest BCUT2D eigenvalue weighted by atomic mass is 9.98. The van der Waals surface area contributed by atoms with Gasteiger partial charge in [0.05, 0.1) is 17.6 Å². The molecule has 170 valence electrons. The summed E-state index contributed by atoms with van der Waals surface area (Å²) < 4.78 is 38.1. The standard InChI is InChI=1S/C23H22N4O5S/c1-31-23(28)18-4-2-3-5-20(18)33(29,30)27-12-9-15(10-13-27)22-25-21(26-32-22)17-6-7-19-16(14-17)8-11-24-19/h2-8,11,14-15,24H,9-10,12-13H2,1H3. The summed E-state index contributed by atoms with van der Waals surface area (Å²) in [7, 11) is -2.62. The quantitative estimate of drug-likeness (QED) is 0.447. The van der Waals surface area contributed by atoms with Crippen LogP contribution < -0.4 is 0 Å². The van der Waals surface area contributed by atoms with Gasteiger partial charge in [-0.05, 0) is 49.2 Å². The van der Waals surface area contributed by atoms with Crippen LogP contribution in [0.1, 0.15) is 35.0 Å². The average molecular weight is 467 g/mol. The topological polar surface area (TPSA) is 118 Å². The molecule has 33 heavy (non-hydrogen) atoms. The minimum absolute atomic E-state index is 0.0306. The number of H-pyrrole nitrogens is 1. The normalized spacial score (nSPS) is 15.7. The zero-order valence-electron chi connectivity index (χ0n) is 17.9. The molecule has 0 spiro atoms. The van der Waals surface area contributed by atoms with Gasteiger partial charge in [-0.15, -0.1) is 0 Å². The van der Waals surface area contributed by atoms with Crippen LogP contribution in [0.15, 0.2) is 64.1 Å². The van der Waals surface area contributed by atoms with Crippen LogP contribution in [0.5, 0.6) is 0 Å². The molecule has 0 unspecified atom stereocenters. The molecule has 0 atom stereocenters. The molecule has 1 fully saturated rings. The van der Waals surface area contributed by atoms with Crippen molar-refractivity contribution in [1.82, 2.24) is 19.4 Å². The van der Waals surface area contributed by atoms with Crippen molar-refractivity contribution in [2.45, 2.75) is 23.7 Å². The number of nitrogens with zero attached hydrogens (tertiary/aromatic N) is 3. The number of nitrogens with one attached hydrogen (secondary N) is 1. The SMILES string of the molecule is COC(=O)c1ccccc1S(=O)(=O)N1CCC(c2nc(-c3ccc4[nH]ccc4c3)no2)CC1. The highest BCUT2D eigenvalue weighted by atomic mass is 32.2. The molecule has 10 heteroatoms. The van der Waals surface area contributed by atoms with E-state index in [4.69, 9.17) is 9.26 Å². The molecular formula is C23H22N4O5S. The summed E-state index contributed by atoms with van der Waals surface area (Å²) in [6.45, 7) is 0.574. The fourth-order valence-electron chi connectivity index (χ4n) is 4.16. The Hall–Kier alpha value is -3.50. The van der Waals surface area contributed by atoms with E-state index >= 15 is 0 Å². The van der Waals surface area contributed by atoms with Crippen molar-refractivity contribution < 1.29 is 22.5 Å². The maximum Gasteiger partial charge on any atom is 0.339 e.